The zero-order valence-electron chi connectivity index (χ0n) is 20.9. The molecular weight excluding hydrogens is 633 g/mol. The van der Waals surface area contributed by atoms with E-state index in [1.807, 2.05) is 0 Å². The van der Waals surface area contributed by atoms with E-state index >= 15 is 0 Å². The summed E-state index contributed by atoms with van der Waals surface area (Å²) in [7, 11) is -16.8. The van der Waals surface area contributed by atoms with Gasteiger partial charge in [0, 0.05) is 18.1 Å². The Bertz CT molecular complexity index is 1610. The smallest absolute Gasteiger partial charge is 0.387 e. The maximum atomic E-state index is 12.3. The number of hydrogen-bond acceptors (Lipinski definition) is 16. The van der Waals surface area contributed by atoms with Crippen LogP contribution in [-0.2, 0) is 42.5 Å². The molecular formula is C18H23N6O15P3. The van der Waals surface area contributed by atoms with Crippen LogP contribution < -0.4 is 5.73 Å². The number of nitro benzene ring substituents is 1. The fourth-order valence-corrected chi connectivity index (χ4v) is 7.32. The summed E-state index contributed by atoms with van der Waals surface area (Å²) in [6, 6.07) is 5.39. The molecule has 1 aliphatic heterocycles. The number of imidazole rings is 1. The van der Waals surface area contributed by atoms with Crippen LogP contribution in [0.3, 0.4) is 0 Å². The lowest BCUT2D eigenvalue weighted by molar-refractivity contribution is -0.385. The van der Waals surface area contributed by atoms with Crippen molar-refractivity contribution < 1.29 is 65.9 Å². The van der Waals surface area contributed by atoms with Crippen molar-refractivity contribution in [3.63, 3.8) is 0 Å². The number of nitro groups is 1. The second-order valence-electron chi connectivity index (χ2n) is 8.46. The Morgan fingerprint density at radius 3 is 2.36 bits per heavy atom. The minimum atomic E-state index is -5.82. The van der Waals surface area contributed by atoms with Crippen LogP contribution in [0.4, 0.5) is 11.5 Å². The number of benzene rings is 1. The van der Waals surface area contributed by atoms with Crippen molar-refractivity contribution in [2.24, 2.45) is 0 Å². The first kappa shape index (κ1) is 32.2. The summed E-state index contributed by atoms with van der Waals surface area (Å²) in [6.07, 6.45) is -4.14. The van der Waals surface area contributed by atoms with Crippen molar-refractivity contribution in [3.8, 4) is 0 Å². The van der Waals surface area contributed by atoms with Gasteiger partial charge in [0.05, 0.1) is 24.5 Å². The van der Waals surface area contributed by atoms with Gasteiger partial charge in [-0.15, -0.1) is 0 Å². The molecule has 7 atom stereocenters. The minimum absolute atomic E-state index is 0.0266. The Morgan fingerprint density at radius 1 is 1.00 bits per heavy atom. The Labute approximate surface area is 234 Å². The largest absolute Gasteiger partial charge is 0.490 e. The molecule has 0 aliphatic carbocycles. The summed E-state index contributed by atoms with van der Waals surface area (Å²) in [6.45, 7) is -1.69. The number of rotatable bonds is 13. The number of nitrogen functional groups attached to an aromatic ring is 1. The molecule has 1 saturated heterocycles. The highest BCUT2D eigenvalue weighted by Crippen LogP contribution is 2.67. The van der Waals surface area contributed by atoms with Gasteiger partial charge in [-0.25, -0.2) is 28.6 Å². The highest BCUT2D eigenvalue weighted by atomic mass is 31.3. The molecule has 0 amide bonds. The van der Waals surface area contributed by atoms with Gasteiger partial charge in [-0.2, -0.15) is 8.62 Å². The SMILES string of the molecule is Nc1ncnc2c1ncn2C1OC(COP(=O)(O)OP(=O)(O)OP(=O)(O)OCCc2ccccc2[N+](=O)[O-])C(O)C1O. The zero-order valence-corrected chi connectivity index (χ0v) is 23.6. The van der Waals surface area contributed by atoms with E-state index in [-0.39, 0.29) is 34.7 Å². The number of para-hydroxylation sites is 1. The lowest BCUT2D eigenvalue weighted by atomic mass is 10.1. The van der Waals surface area contributed by atoms with Crippen LogP contribution in [0.5, 0.6) is 0 Å². The summed E-state index contributed by atoms with van der Waals surface area (Å²) in [5.74, 6) is 0.0266. The van der Waals surface area contributed by atoms with Crippen LogP contribution in [0.15, 0.2) is 36.9 Å². The van der Waals surface area contributed by atoms with E-state index in [0.717, 1.165) is 6.33 Å². The van der Waals surface area contributed by atoms with E-state index < -0.39 is 66.1 Å². The molecule has 0 radical (unpaired) electrons. The van der Waals surface area contributed by atoms with Gasteiger partial charge in [-0.1, -0.05) is 18.2 Å². The Balaban J connectivity index is 1.32. The van der Waals surface area contributed by atoms with Crippen LogP contribution in [-0.4, -0.2) is 80.9 Å². The van der Waals surface area contributed by atoms with Gasteiger partial charge in [0.25, 0.3) is 5.69 Å². The normalized spacial score (nSPS) is 25.1. The number of hydrogen-bond donors (Lipinski definition) is 6. The summed E-state index contributed by atoms with van der Waals surface area (Å²) in [4.78, 5) is 51.4. The minimum Gasteiger partial charge on any atom is -0.387 e. The van der Waals surface area contributed by atoms with Crippen molar-refractivity contribution in [2.75, 3.05) is 18.9 Å². The molecule has 7 N–H and O–H groups in total. The number of aliphatic hydroxyl groups excluding tert-OH is 2. The molecule has 21 nitrogen and oxygen atoms in total. The predicted octanol–water partition coefficient (Wildman–Crippen LogP) is 0.546. The summed E-state index contributed by atoms with van der Waals surface area (Å²) in [5, 5.41) is 31.8. The summed E-state index contributed by atoms with van der Waals surface area (Å²) < 4.78 is 60.2. The van der Waals surface area contributed by atoms with Gasteiger partial charge in [-0.3, -0.25) is 23.7 Å². The van der Waals surface area contributed by atoms with E-state index in [1.54, 1.807) is 0 Å². The fraction of sp³-hybridized carbons (Fsp3) is 0.389. The quantitative estimate of drug-likeness (QED) is 0.0830. The maximum Gasteiger partial charge on any atom is 0.490 e. The Morgan fingerprint density at radius 2 is 1.67 bits per heavy atom. The maximum absolute atomic E-state index is 12.3. The van der Waals surface area contributed by atoms with Gasteiger partial charge in [-0.05, 0) is 0 Å². The molecule has 42 heavy (non-hydrogen) atoms. The number of fused-ring (bicyclic) bond motifs is 1. The first-order chi connectivity index (χ1) is 19.6. The van der Waals surface area contributed by atoms with Crippen LogP contribution in [0, 0.1) is 10.1 Å². The van der Waals surface area contributed by atoms with Crippen molar-refractivity contribution in [1.29, 1.82) is 0 Å². The zero-order chi connectivity index (χ0) is 30.9. The highest BCUT2D eigenvalue weighted by Gasteiger charge is 2.47. The van der Waals surface area contributed by atoms with Crippen LogP contribution in [0.25, 0.3) is 11.2 Å². The molecule has 230 valence electrons. The van der Waals surface area contributed by atoms with Crippen LogP contribution >= 0.6 is 23.5 Å². The first-order valence-corrected chi connectivity index (χ1v) is 15.9. The van der Waals surface area contributed by atoms with Crippen molar-refractivity contribution in [2.45, 2.75) is 31.0 Å². The average Bonchev–Trinajstić information content (AvgIpc) is 3.43. The summed E-state index contributed by atoms with van der Waals surface area (Å²) >= 11 is 0. The Kier molecular flexibility index (Phi) is 9.56. The molecule has 0 spiro atoms. The van der Waals surface area contributed by atoms with Crippen molar-refractivity contribution in [1.82, 2.24) is 19.5 Å². The average molecular weight is 656 g/mol. The molecule has 7 unspecified atom stereocenters. The lowest BCUT2D eigenvalue weighted by Crippen LogP contribution is -2.33. The van der Waals surface area contributed by atoms with Crippen LogP contribution in [0.2, 0.25) is 0 Å². The third kappa shape index (κ3) is 7.61. The second-order valence-corrected chi connectivity index (χ2v) is 13.1. The molecule has 1 aliphatic rings. The van der Waals surface area contributed by atoms with Gasteiger partial charge in [0.15, 0.2) is 17.7 Å². The molecule has 0 bridgehead atoms. The predicted molar refractivity (Wildman–Crippen MR) is 136 cm³/mol. The van der Waals surface area contributed by atoms with Crippen LogP contribution in [0.1, 0.15) is 11.8 Å². The number of aromatic nitrogens is 4. The molecule has 24 heteroatoms. The topological polar surface area (TPSA) is 311 Å². The van der Waals surface area contributed by atoms with E-state index in [1.165, 1.54) is 35.2 Å². The van der Waals surface area contributed by atoms with Gasteiger partial charge in [0.2, 0.25) is 0 Å². The fourth-order valence-electron chi connectivity index (χ4n) is 3.81. The number of nitrogens with two attached hydrogens (primary N) is 1. The second kappa shape index (κ2) is 12.5. The molecule has 0 saturated carbocycles. The molecule has 2 aromatic heterocycles. The molecule has 3 aromatic rings. The molecule has 4 rings (SSSR count). The van der Waals surface area contributed by atoms with E-state index in [2.05, 4.69) is 32.6 Å². The number of anilines is 1. The Hall–Kier alpha value is -2.74. The van der Waals surface area contributed by atoms with E-state index in [0.29, 0.717) is 0 Å². The van der Waals surface area contributed by atoms with Gasteiger partial charge >= 0.3 is 23.5 Å². The summed E-state index contributed by atoms with van der Waals surface area (Å²) in [5.41, 5.74) is 5.82. The van der Waals surface area contributed by atoms with Crippen molar-refractivity contribution >= 4 is 46.1 Å². The number of phosphoric ester groups is 2. The number of aliphatic hydroxyl groups is 2. The third-order valence-electron chi connectivity index (χ3n) is 5.63. The monoisotopic (exact) mass is 656 g/mol. The highest BCUT2D eigenvalue weighted by molar-refractivity contribution is 7.66. The number of nitrogens with zero attached hydrogens (tertiary/aromatic N) is 5. The third-order valence-corrected chi connectivity index (χ3v) is 9.91. The molecule has 3 heterocycles. The molecule has 1 fully saturated rings. The standard InChI is InChI=1S/C18H23N6O15P3/c19-16-13-17(21-8-20-16)23(9-22-13)18-15(26)14(25)12(37-18)7-36-41(31,32)39-42(33,34)38-40(29,30)35-6-5-10-3-1-2-4-11(10)24(27)28/h1-4,8-9,12,14-15,18,25-26H,5-7H2,(H,29,30)(H,31,32)(H,33,34)(H2,19,20,21). The lowest BCUT2D eigenvalue weighted by Gasteiger charge is -2.20. The van der Waals surface area contributed by atoms with Gasteiger partial charge in [0.1, 0.15) is 30.2 Å². The van der Waals surface area contributed by atoms with Gasteiger partial charge < -0.3 is 35.4 Å². The molecule has 1 aromatic carbocycles. The number of phosphoric acid groups is 3. The van der Waals surface area contributed by atoms with E-state index in [4.69, 9.17) is 10.5 Å². The van der Waals surface area contributed by atoms with E-state index in [9.17, 15) is 48.7 Å². The number of ether oxygens (including phenoxy) is 1. The van der Waals surface area contributed by atoms with Crippen molar-refractivity contribution in [3.05, 3.63) is 52.6 Å². The first-order valence-electron chi connectivity index (χ1n) is 11.5.